The normalized spacial score (nSPS) is 24.3. The zero-order valence-corrected chi connectivity index (χ0v) is 16.4. The van der Waals surface area contributed by atoms with E-state index in [9.17, 15) is 28.1 Å². The molecule has 1 aromatic rings. The molecule has 1 aliphatic carbocycles. The highest BCUT2D eigenvalue weighted by molar-refractivity contribution is 5.84. The molecular weight excluding hydrogens is 387 g/mol. The molecule has 1 heterocycles. The van der Waals surface area contributed by atoms with Crippen LogP contribution < -0.4 is 5.32 Å². The van der Waals surface area contributed by atoms with E-state index in [1.54, 1.807) is 0 Å². The molecule has 29 heavy (non-hydrogen) atoms. The maximum Gasteiger partial charge on any atom is 0.416 e. The maximum atomic E-state index is 13.4. The fourth-order valence-electron chi connectivity index (χ4n) is 4.89. The Kier molecular flexibility index (Phi) is 6.45. The first-order valence-corrected chi connectivity index (χ1v) is 10.0. The minimum absolute atomic E-state index is 0.0713. The van der Waals surface area contributed by atoms with Crippen LogP contribution in [0, 0.1) is 16.0 Å². The molecule has 1 N–H and O–H groups in total. The summed E-state index contributed by atoms with van der Waals surface area (Å²) in [6.45, 7) is 1.84. The van der Waals surface area contributed by atoms with Crippen LogP contribution in [0.15, 0.2) is 18.2 Å². The van der Waals surface area contributed by atoms with Gasteiger partial charge in [0, 0.05) is 25.2 Å². The van der Waals surface area contributed by atoms with Gasteiger partial charge in [0.2, 0.25) is 5.91 Å². The Morgan fingerprint density at radius 3 is 2.41 bits per heavy atom. The van der Waals surface area contributed by atoms with Gasteiger partial charge in [-0.1, -0.05) is 12.8 Å². The standard InChI is InChI=1S/C20H26F3N3O3/c1-24-19(27)18(16-6-2-3-7-17(16)25-8-4-5-9-25)13-10-14(20(21,22)23)12-15(11-13)26(28)29/h10-12,16-18H,2-9H2,1H3,(H,24,27)/t16-,17-,18?/m1/s1. The predicted octanol–water partition coefficient (Wildman–Crippen LogP) is 4.10. The third-order valence-corrected chi connectivity index (χ3v) is 6.19. The van der Waals surface area contributed by atoms with Gasteiger partial charge in [0.25, 0.3) is 5.69 Å². The molecule has 9 heteroatoms. The Morgan fingerprint density at radius 2 is 1.83 bits per heavy atom. The predicted molar refractivity (Wildman–Crippen MR) is 101 cm³/mol. The number of carbonyl (C=O) groups excluding carboxylic acids is 1. The first-order chi connectivity index (χ1) is 13.7. The summed E-state index contributed by atoms with van der Waals surface area (Å²) in [7, 11) is 1.45. The molecule has 0 bridgehead atoms. The van der Waals surface area contributed by atoms with Gasteiger partial charge >= 0.3 is 6.18 Å². The Hall–Kier alpha value is -2.16. The molecule has 160 valence electrons. The van der Waals surface area contributed by atoms with Gasteiger partial charge in [0.05, 0.1) is 16.4 Å². The van der Waals surface area contributed by atoms with Crippen molar-refractivity contribution in [2.24, 2.45) is 5.92 Å². The molecule has 0 aromatic heterocycles. The second kappa shape index (κ2) is 8.69. The monoisotopic (exact) mass is 413 g/mol. The number of carbonyl (C=O) groups is 1. The molecule has 0 spiro atoms. The smallest absolute Gasteiger partial charge is 0.359 e. The summed E-state index contributed by atoms with van der Waals surface area (Å²) in [6.07, 6.45) is 0.924. The van der Waals surface area contributed by atoms with Crippen molar-refractivity contribution in [3.05, 3.63) is 39.4 Å². The highest BCUT2D eigenvalue weighted by atomic mass is 19.4. The number of likely N-dealkylation sites (N-methyl/N-ethyl adjacent to an activating group) is 1. The number of likely N-dealkylation sites (tertiary alicyclic amines) is 1. The highest BCUT2D eigenvalue weighted by Crippen LogP contribution is 2.42. The van der Waals surface area contributed by atoms with Gasteiger partial charge in [0.15, 0.2) is 0 Å². The summed E-state index contributed by atoms with van der Waals surface area (Å²) in [5.41, 5.74) is -1.66. The Labute approximate surface area is 167 Å². The summed E-state index contributed by atoms with van der Waals surface area (Å²) >= 11 is 0. The van der Waals surface area contributed by atoms with Gasteiger partial charge in [-0.3, -0.25) is 14.9 Å². The van der Waals surface area contributed by atoms with E-state index in [-0.39, 0.29) is 17.5 Å². The SMILES string of the molecule is CNC(=O)C(c1cc([N+](=O)[O-])cc(C(F)(F)F)c1)[C@@H]1CCCC[C@H]1N1CCCC1. The zero-order valence-electron chi connectivity index (χ0n) is 16.4. The summed E-state index contributed by atoms with van der Waals surface area (Å²) in [4.78, 5) is 25.6. The van der Waals surface area contributed by atoms with Crippen LogP contribution in [0.2, 0.25) is 0 Å². The quantitative estimate of drug-likeness (QED) is 0.583. The van der Waals surface area contributed by atoms with Crippen molar-refractivity contribution in [1.82, 2.24) is 10.2 Å². The van der Waals surface area contributed by atoms with Crippen molar-refractivity contribution in [3.63, 3.8) is 0 Å². The second-order valence-electron chi connectivity index (χ2n) is 7.92. The van der Waals surface area contributed by atoms with Gasteiger partial charge in [-0.05, 0) is 56.3 Å². The molecule has 2 fully saturated rings. The minimum Gasteiger partial charge on any atom is -0.359 e. The van der Waals surface area contributed by atoms with Crippen molar-refractivity contribution >= 4 is 11.6 Å². The summed E-state index contributed by atoms with van der Waals surface area (Å²) in [5, 5.41) is 13.8. The van der Waals surface area contributed by atoms with Crippen LogP contribution in [0.1, 0.15) is 55.6 Å². The molecule has 1 aromatic carbocycles. The molecular formula is C20H26F3N3O3. The van der Waals surface area contributed by atoms with Crippen LogP contribution in [0.3, 0.4) is 0 Å². The Balaban J connectivity index is 2.07. The fraction of sp³-hybridized carbons (Fsp3) is 0.650. The van der Waals surface area contributed by atoms with Crippen molar-refractivity contribution < 1.29 is 22.9 Å². The average Bonchev–Trinajstić information content (AvgIpc) is 3.22. The van der Waals surface area contributed by atoms with Crippen molar-refractivity contribution in [2.75, 3.05) is 20.1 Å². The second-order valence-corrected chi connectivity index (χ2v) is 7.92. The number of hydrogen-bond acceptors (Lipinski definition) is 4. The van der Waals surface area contributed by atoms with Gasteiger partial charge in [0.1, 0.15) is 0 Å². The number of benzene rings is 1. The molecule has 6 nitrogen and oxygen atoms in total. The fourth-order valence-corrected chi connectivity index (χ4v) is 4.89. The number of alkyl halides is 3. The minimum atomic E-state index is -4.73. The van der Waals surface area contributed by atoms with Crippen molar-refractivity contribution in [1.29, 1.82) is 0 Å². The number of nitrogens with zero attached hydrogens (tertiary/aromatic N) is 2. The summed E-state index contributed by atoms with van der Waals surface area (Å²) in [6, 6.07) is 2.67. The van der Waals surface area contributed by atoms with Crippen LogP contribution in [-0.4, -0.2) is 41.9 Å². The third kappa shape index (κ3) is 4.71. The molecule has 1 saturated carbocycles. The van der Waals surface area contributed by atoms with Crippen LogP contribution in [-0.2, 0) is 11.0 Å². The van der Waals surface area contributed by atoms with Gasteiger partial charge in [-0.2, -0.15) is 13.2 Å². The van der Waals surface area contributed by atoms with Crippen LogP contribution in [0.25, 0.3) is 0 Å². The van der Waals surface area contributed by atoms with E-state index in [0.717, 1.165) is 57.3 Å². The molecule has 1 saturated heterocycles. The lowest BCUT2D eigenvalue weighted by molar-refractivity contribution is -0.385. The Morgan fingerprint density at radius 1 is 1.17 bits per heavy atom. The number of nitro groups is 1. The largest absolute Gasteiger partial charge is 0.416 e. The molecule has 3 rings (SSSR count). The Bertz CT molecular complexity index is 763. The molecule has 3 atom stereocenters. The topological polar surface area (TPSA) is 75.5 Å². The molecule has 2 aliphatic rings. The molecule has 1 aliphatic heterocycles. The number of non-ortho nitro benzene ring substituents is 1. The summed E-state index contributed by atoms with van der Waals surface area (Å²) < 4.78 is 40.2. The van der Waals surface area contributed by atoms with E-state index in [1.165, 1.54) is 7.05 Å². The van der Waals surface area contributed by atoms with E-state index in [0.29, 0.717) is 12.5 Å². The van der Waals surface area contributed by atoms with E-state index in [1.807, 2.05) is 0 Å². The van der Waals surface area contributed by atoms with Crippen LogP contribution >= 0.6 is 0 Å². The highest BCUT2D eigenvalue weighted by Gasteiger charge is 2.41. The van der Waals surface area contributed by atoms with E-state index in [4.69, 9.17) is 0 Å². The number of nitro benzene ring substituents is 1. The van der Waals surface area contributed by atoms with Crippen molar-refractivity contribution in [3.8, 4) is 0 Å². The first-order valence-electron chi connectivity index (χ1n) is 10.0. The van der Waals surface area contributed by atoms with Gasteiger partial charge in [-0.15, -0.1) is 0 Å². The third-order valence-electron chi connectivity index (χ3n) is 6.19. The molecule has 1 unspecified atom stereocenters. The lowest BCUT2D eigenvalue weighted by Crippen LogP contribution is -2.46. The van der Waals surface area contributed by atoms with E-state index in [2.05, 4.69) is 10.2 Å². The molecule has 0 radical (unpaired) electrons. The number of amides is 1. The summed E-state index contributed by atoms with van der Waals surface area (Å²) in [5.74, 6) is -1.42. The van der Waals surface area contributed by atoms with Crippen LogP contribution in [0.5, 0.6) is 0 Å². The zero-order chi connectivity index (χ0) is 21.2. The maximum absolute atomic E-state index is 13.4. The lowest BCUT2D eigenvalue weighted by atomic mass is 9.72. The van der Waals surface area contributed by atoms with Crippen molar-refractivity contribution in [2.45, 2.75) is 56.7 Å². The number of halogens is 3. The van der Waals surface area contributed by atoms with Crippen LogP contribution in [0.4, 0.5) is 18.9 Å². The van der Waals surface area contributed by atoms with Gasteiger partial charge < -0.3 is 10.2 Å². The van der Waals surface area contributed by atoms with E-state index >= 15 is 0 Å². The number of rotatable bonds is 5. The number of nitrogens with one attached hydrogen (secondary N) is 1. The first kappa shape index (κ1) is 21.5. The molecule has 1 amide bonds. The van der Waals surface area contributed by atoms with Gasteiger partial charge in [-0.25, -0.2) is 0 Å². The average molecular weight is 413 g/mol. The number of hydrogen-bond donors (Lipinski definition) is 1. The lowest BCUT2D eigenvalue weighted by Gasteiger charge is -2.41. The van der Waals surface area contributed by atoms with E-state index < -0.39 is 34.2 Å².